The smallest absolute Gasteiger partial charge is 0.151 e. The Bertz CT molecular complexity index is 795. The number of benzene rings is 2. The number of nitrogen functional groups attached to an aromatic ring is 2. The van der Waals surface area contributed by atoms with Crippen molar-refractivity contribution in [1.29, 1.82) is 10.8 Å². The Kier molecular flexibility index (Phi) is 4.89. The number of hydrogen-bond donors (Lipinski definition) is 4. The molecule has 2 fully saturated rings. The summed E-state index contributed by atoms with van der Waals surface area (Å²) in [5, 5.41) is 14.9. The van der Waals surface area contributed by atoms with E-state index in [4.69, 9.17) is 41.2 Å². The van der Waals surface area contributed by atoms with Crippen LogP contribution in [0.2, 0.25) is 0 Å². The van der Waals surface area contributed by atoms with E-state index in [9.17, 15) is 0 Å². The summed E-state index contributed by atoms with van der Waals surface area (Å²) < 4.78 is 23.8. The van der Waals surface area contributed by atoms with Gasteiger partial charge >= 0.3 is 0 Å². The van der Waals surface area contributed by atoms with Crippen LogP contribution in [0.15, 0.2) is 48.5 Å². The average molecular weight is 382 g/mol. The first-order chi connectivity index (χ1) is 13.5. The Balaban J connectivity index is 1.37. The molecule has 4 rings (SSSR count). The molecule has 2 aromatic carbocycles. The first kappa shape index (κ1) is 18.3. The molecule has 0 aromatic heterocycles. The molecule has 0 saturated carbocycles. The summed E-state index contributed by atoms with van der Waals surface area (Å²) in [6.07, 6.45) is -0.897. The van der Waals surface area contributed by atoms with Gasteiger partial charge in [0.2, 0.25) is 0 Å². The van der Waals surface area contributed by atoms with Crippen LogP contribution < -0.4 is 20.9 Å². The molecule has 0 radical (unpaired) electrons. The van der Waals surface area contributed by atoms with Gasteiger partial charge in [-0.15, -0.1) is 0 Å². The van der Waals surface area contributed by atoms with E-state index < -0.39 is 0 Å². The quantitative estimate of drug-likeness (QED) is 0.438. The molecule has 2 heterocycles. The number of amidine groups is 2. The maximum Gasteiger partial charge on any atom is 0.151 e. The second kappa shape index (κ2) is 7.49. The van der Waals surface area contributed by atoms with Gasteiger partial charge in [0.25, 0.3) is 0 Å². The van der Waals surface area contributed by atoms with E-state index >= 15 is 0 Å². The minimum Gasteiger partial charge on any atom is -0.485 e. The van der Waals surface area contributed by atoms with Crippen molar-refractivity contribution in [2.45, 2.75) is 24.4 Å². The van der Waals surface area contributed by atoms with Gasteiger partial charge < -0.3 is 30.4 Å². The Hall–Kier alpha value is -3.10. The fourth-order valence-electron chi connectivity index (χ4n) is 3.41. The first-order valence-corrected chi connectivity index (χ1v) is 8.96. The molecule has 146 valence electrons. The largest absolute Gasteiger partial charge is 0.485 e. The van der Waals surface area contributed by atoms with Crippen molar-refractivity contribution in [1.82, 2.24) is 0 Å². The molecule has 2 saturated heterocycles. The van der Waals surface area contributed by atoms with Crippen LogP contribution in [0.5, 0.6) is 11.5 Å². The lowest BCUT2D eigenvalue weighted by molar-refractivity contribution is 0.0181. The van der Waals surface area contributed by atoms with Crippen molar-refractivity contribution in [2.75, 3.05) is 13.2 Å². The van der Waals surface area contributed by atoms with E-state index in [0.717, 1.165) is 0 Å². The van der Waals surface area contributed by atoms with Crippen LogP contribution in [0, 0.1) is 10.8 Å². The number of fused-ring (bicyclic) bond motifs is 1. The highest BCUT2D eigenvalue weighted by atomic mass is 16.6. The van der Waals surface area contributed by atoms with Gasteiger partial charge in [-0.2, -0.15) is 0 Å². The fourth-order valence-corrected chi connectivity index (χ4v) is 3.41. The summed E-state index contributed by atoms with van der Waals surface area (Å²) in [5.41, 5.74) is 12.2. The van der Waals surface area contributed by atoms with Crippen LogP contribution in [0.3, 0.4) is 0 Å². The van der Waals surface area contributed by atoms with Gasteiger partial charge in [-0.05, 0) is 48.5 Å². The van der Waals surface area contributed by atoms with Crippen LogP contribution in [0.25, 0.3) is 0 Å². The van der Waals surface area contributed by atoms with Gasteiger partial charge in [0.05, 0.1) is 13.2 Å². The zero-order valence-corrected chi connectivity index (χ0v) is 15.1. The molecule has 8 nitrogen and oxygen atoms in total. The zero-order chi connectivity index (χ0) is 19.7. The van der Waals surface area contributed by atoms with Crippen molar-refractivity contribution in [3.8, 4) is 11.5 Å². The topological polar surface area (TPSA) is 137 Å². The standard InChI is InChI=1S/C20H22N4O4/c21-19(22)11-1-5-13(6-2-11)27-15-9-25-18-16(10-26-17(15)18)28-14-7-3-12(4-8-14)20(23)24/h1-8,15-18H,9-10H2,(H3,21,22)(H3,23,24)/t15-,16+,17-,18-/m1/s1. The summed E-state index contributed by atoms with van der Waals surface area (Å²) in [4.78, 5) is 0. The predicted molar refractivity (Wildman–Crippen MR) is 103 cm³/mol. The molecule has 8 heteroatoms. The Morgan fingerprint density at radius 2 is 1.07 bits per heavy atom. The fraction of sp³-hybridized carbons (Fsp3) is 0.300. The van der Waals surface area contributed by atoms with Gasteiger partial charge in [-0.3, -0.25) is 10.8 Å². The molecular weight excluding hydrogens is 360 g/mol. The van der Waals surface area contributed by atoms with Crippen molar-refractivity contribution in [3.05, 3.63) is 59.7 Å². The van der Waals surface area contributed by atoms with E-state index in [1.54, 1.807) is 48.5 Å². The summed E-state index contributed by atoms with van der Waals surface area (Å²) in [5.74, 6) is 1.39. The third kappa shape index (κ3) is 3.64. The summed E-state index contributed by atoms with van der Waals surface area (Å²) in [6, 6.07) is 14.1. The molecule has 4 atom stereocenters. The second-order valence-electron chi connectivity index (χ2n) is 6.78. The average Bonchev–Trinajstić information content (AvgIpc) is 3.26. The molecule has 0 amide bonds. The lowest BCUT2D eigenvalue weighted by atomic mass is 10.1. The maximum atomic E-state index is 7.44. The molecule has 2 aliphatic heterocycles. The second-order valence-corrected chi connectivity index (χ2v) is 6.78. The van der Waals surface area contributed by atoms with Gasteiger partial charge in [0.15, 0.2) is 12.2 Å². The molecule has 2 aliphatic rings. The van der Waals surface area contributed by atoms with Gasteiger partial charge in [0.1, 0.15) is 35.4 Å². The minimum atomic E-state index is -0.234. The number of ether oxygens (including phenoxy) is 4. The van der Waals surface area contributed by atoms with E-state index in [-0.39, 0.29) is 36.1 Å². The Labute approximate surface area is 162 Å². The third-order valence-electron chi connectivity index (χ3n) is 4.87. The Morgan fingerprint density at radius 3 is 1.39 bits per heavy atom. The van der Waals surface area contributed by atoms with E-state index in [1.165, 1.54) is 0 Å². The number of nitrogens with one attached hydrogen (secondary N) is 2. The van der Waals surface area contributed by atoms with E-state index in [1.807, 2.05) is 0 Å². The normalized spacial score (nSPS) is 25.9. The molecule has 2 aromatic rings. The van der Waals surface area contributed by atoms with Crippen LogP contribution in [0.4, 0.5) is 0 Å². The maximum absolute atomic E-state index is 7.44. The zero-order valence-electron chi connectivity index (χ0n) is 15.1. The van der Waals surface area contributed by atoms with Crippen molar-refractivity contribution >= 4 is 11.7 Å². The third-order valence-corrected chi connectivity index (χ3v) is 4.87. The highest BCUT2D eigenvalue weighted by Gasteiger charge is 2.50. The lowest BCUT2D eigenvalue weighted by Gasteiger charge is -2.19. The van der Waals surface area contributed by atoms with Gasteiger partial charge in [0, 0.05) is 11.1 Å². The van der Waals surface area contributed by atoms with Crippen molar-refractivity contribution in [3.63, 3.8) is 0 Å². The highest BCUT2D eigenvalue weighted by molar-refractivity contribution is 5.95. The highest BCUT2D eigenvalue weighted by Crippen LogP contribution is 2.32. The number of hydrogen-bond acceptors (Lipinski definition) is 6. The van der Waals surface area contributed by atoms with E-state index in [0.29, 0.717) is 35.8 Å². The molecule has 28 heavy (non-hydrogen) atoms. The summed E-state index contributed by atoms with van der Waals surface area (Å²) in [7, 11) is 0. The first-order valence-electron chi connectivity index (χ1n) is 8.96. The molecule has 0 spiro atoms. The van der Waals surface area contributed by atoms with Crippen LogP contribution in [-0.2, 0) is 9.47 Å². The molecule has 6 N–H and O–H groups in total. The molecule has 0 bridgehead atoms. The lowest BCUT2D eigenvalue weighted by Crippen LogP contribution is -2.36. The summed E-state index contributed by atoms with van der Waals surface area (Å²) in [6.45, 7) is 0.819. The number of nitrogens with two attached hydrogens (primary N) is 2. The predicted octanol–water partition coefficient (Wildman–Crippen LogP) is 1.25. The summed E-state index contributed by atoms with van der Waals surface area (Å²) >= 11 is 0. The number of rotatable bonds is 6. The van der Waals surface area contributed by atoms with Crippen LogP contribution in [0.1, 0.15) is 11.1 Å². The SMILES string of the molecule is N=C(N)c1ccc(O[C@H]2CO[C@H]3[C@@H]2OC[C@H]3Oc2ccc(C(=N)N)cc2)cc1. The van der Waals surface area contributed by atoms with Crippen molar-refractivity contribution < 1.29 is 18.9 Å². The van der Waals surface area contributed by atoms with Gasteiger partial charge in [-0.25, -0.2) is 0 Å². The van der Waals surface area contributed by atoms with Crippen LogP contribution >= 0.6 is 0 Å². The minimum absolute atomic E-state index is 0.0197. The Morgan fingerprint density at radius 1 is 0.714 bits per heavy atom. The van der Waals surface area contributed by atoms with Crippen LogP contribution in [-0.4, -0.2) is 49.3 Å². The molecule has 0 unspecified atom stereocenters. The monoisotopic (exact) mass is 382 g/mol. The van der Waals surface area contributed by atoms with Crippen molar-refractivity contribution in [2.24, 2.45) is 11.5 Å². The van der Waals surface area contributed by atoms with E-state index in [2.05, 4.69) is 0 Å². The molecular formula is C20H22N4O4. The van der Waals surface area contributed by atoms with Gasteiger partial charge in [-0.1, -0.05) is 0 Å². The molecule has 0 aliphatic carbocycles.